The van der Waals surface area contributed by atoms with Gasteiger partial charge >= 0.3 is 6.16 Å². The highest BCUT2D eigenvalue weighted by Crippen LogP contribution is 2.26. The molecule has 0 atom stereocenters. The van der Waals surface area contributed by atoms with Crippen molar-refractivity contribution in [3.05, 3.63) is 88.1 Å². The van der Waals surface area contributed by atoms with Crippen LogP contribution in [0.25, 0.3) is 22.0 Å². The molecule has 2 aromatic carbocycles. The van der Waals surface area contributed by atoms with Gasteiger partial charge in [0.2, 0.25) is 11.3 Å². The summed E-state index contributed by atoms with van der Waals surface area (Å²) in [5, 5.41) is 8.17. The summed E-state index contributed by atoms with van der Waals surface area (Å²) in [5.74, 6) is -3.00. The quantitative estimate of drug-likeness (QED) is 0.442. The summed E-state index contributed by atoms with van der Waals surface area (Å²) in [6, 6.07) is 9.17. The van der Waals surface area contributed by atoms with Gasteiger partial charge in [0.25, 0.3) is 0 Å². The normalized spacial score (nSPS) is 10.9. The molecule has 0 unspecified atom stereocenters. The number of aromatic nitrogens is 2. The summed E-state index contributed by atoms with van der Waals surface area (Å²) >= 11 is 0. The van der Waals surface area contributed by atoms with Crippen molar-refractivity contribution in [1.29, 1.82) is 0 Å². The van der Waals surface area contributed by atoms with Crippen LogP contribution in [0, 0.1) is 17.5 Å². The number of carbonyl (C=O) groups is 1. The van der Waals surface area contributed by atoms with Crippen molar-refractivity contribution >= 4 is 17.1 Å². The van der Waals surface area contributed by atoms with Gasteiger partial charge in [-0.2, -0.15) is 0 Å². The van der Waals surface area contributed by atoms with Crippen LogP contribution in [-0.2, 0) is 6.54 Å². The molecule has 0 saturated carbocycles. The summed E-state index contributed by atoms with van der Waals surface area (Å²) in [4.78, 5) is 27.5. The molecule has 0 saturated heterocycles. The van der Waals surface area contributed by atoms with Gasteiger partial charge in [-0.25, -0.2) is 22.9 Å². The molecule has 0 bridgehead atoms. The third-order valence-electron chi connectivity index (χ3n) is 4.96. The third-order valence-corrected chi connectivity index (χ3v) is 4.96. The minimum atomic E-state index is -1.81. The maximum atomic E-state index is 14.9. The number of fused-ring (bicyclic) bond motifs is 1. The summed E-state index contributed by atoms with van der Waals surface area (Å²) in [6.07, 6.45) is 0.608. The van der Waals surface area contributed by atoms with E-state index < -0.39 is 45.7 Å². The highest BCUT2D eigenvalue weighted by molar-refractivity contribution is 5.82. The van der Waals surface area contributed by atoms with E-state index in [9.17, 15) is 22.8 Å². The minimum absolute atomic E-state index is 0.0788. The Morgan fingerprint density at radius 2 is 1.76 bits per heavy atom. The summed E-state index contributed by atoms with van der Waals surface area (Å²) < 4.78 is 54.3. The number of benzene rings is 2. The number of methoxy groups -OCH3 is 1. The van der Waals surface area contributed by atoms with Gasteiger partial charge in [0.1, 0.15) is 17.5 Å². The monoisotopic (exact) mass is 456 g/mol. The van der Waals surface area contributed by atoms with Crippen LogP contribution >= 0.6 is 0 Å². The number of rotatable bonds is 5. The molecule has 4 rings (SSSR count). The smallest absolute Gasteiger partial charge is 0.481 e. The van der Waals surface area contributed by atoms with Crippen LogP contribution in [0.1, 0.15) is 5.56 Å². The van der Waals surface area contributed by atoms with E-state index in [0.717, 1.165) is 22.9 Å². The minimum Gasteiger partial charge on any atom is -0.481 e. The number of nitrogens with zero attached hydrogens (tertiary/aromatic N) is 2. The van der Waals surface area contributed by atoms with E-state index in [1.54, 1.807) is 18.2 Å². The van der Waals surface area contributed by atoms with Crippen LogP contribution in [0.15, 0.2) is 59.7 Å². The largest absolute Gasteiger partial charge is 0.511 e. The molecular formula is C23H15F3N2O5. The summed E-state index contributed by atoms with van der Waals surface area (Å²) in [5.41, 5.74) is -0.359. The molecule has 10 heteroatoms. The maximum absolute atomic E-state index is 14.9. The first-order valence-electron chi connectivity index (χ1n) is 9.49. The van der Waals surface area contributed by atoms with E-state index in [1.165, 1.54) is 25.4 Å². The lowest BCUT2D eigenvalue weighted by molar-refractivity contribution is 0.143. The van der Waals surface area contributed by atoms with Gasteiger partial charge in [0, 0.05) is 23.4 Å². The Balaban J connectivity index is 1.80. The fraction of sp³-hybridized carbons (Fsp3) is 0.0870. The van der Waals surface area contributed by atoms with Crippen LogP contribution in [-0.4, -0.2) is 27.9 Å². The molecule has 0 fully saturated rings. The molecule has 0 aliphatic carbocycles. The van der Waals surface area contributed by atoms with Crippen molar-refractivity contribution in [2.45, 2.75) is 6.54 Å². The van der Waals surface area contributed by atoms with Crippen LogP contribution in [0.2, 0.25) is 0 Å². The SMILES string of the molecule is COc1ccc(-c2ccc(Cn3cc(OC(=O)O)c(=O)c4c(F)ccc(F)c43)c(F)c2)cn1. The Bertz CT molecular complexity index is 1440. The zero-order valence-electron chi connectivity index (χ0n) is 17.0. The Labute approximate surface area is 184 Å². The number of pyridine rings is 2. The standard InChI is InChI=1S/C23H15F3N2O5/c1-32-19-7-4-13(9-27-19)12-2-3-14(17(26)8-12)10-28-11-18(33-23(30)31)22(29)20-15(24)5-6-16(25)21(20)28/h2-9,11H,10H2,1H3,(H,30,31). The first kappa shape index (κ1) is 21.9. The highest BCUT2D eigenvalue weighted by Gasteiger charge is 2.20. The second-order valence-corrected chi connectivity index (χ2v) is 6.97. The Hall–Kier alpha value is -4.34. The fourth-order valence-electron chi connectivity index (χ4n) is 3.43. The Kier molecular flexibility index (Phi) is 5.74. The average molecular weight is 456 g/mol. The van der Waals surface area contributed by atoms with Crippen molar-refractivity contribution in [1.82, 2.24) is 9.55 Å². The third kappa shape index (κ3) is 4.22. The van der Waals surface area contributed by atoms with Crippen molar-refractivity contribution in [3.63, 3.8) is 0 Å². The summed E-state index contributed by atoms with van der Waals surface area (Å²) in [6.45, 7) is -0.333. The molecule has 4 aromatic rings. The molecule has 33 heavy (non-hydrogen) atoms. The zero-order valence-corrected chi connectivity index (χ0v) is 17.0. The molecule has 2 aromatic heterocycles. The molecule has 7 nitrogen and oxygen atoms in total. The predicted molar refractivity (Wildman–Crippen MR) is 112 cm³/mol. The van der Waals surface area contributed by atoms with Gasteiger partial charge in [-0.1, -0.05) is 12.1 Å². The van der Waals surface area contributed by atoms with Gasteiger partial charge in [-0.15, -0.1) is 0 Å². The van der Waals surface area contributed by atoms with Gasteiger partial charge in [0.05, 0.1) is 30.8 Å². The highest BCUT2D eigenvalue weighted by atomic mass is 19.1. The second kappa shape index (κ2) is 8.65. The topological polar surface area (TPSA) is 90.6 Å². The van der Waals surface area contributed by atoms with E-state index in [4.69, 9.17) is 9.84 Å². The zero-order chi connectivity index (χ0) is 23.7. The first-order chi connectivity index (χ1) is 15.8. The molecule has 0 aliphatic heterocycles. The van der Waals surface area contributed by atoms with Crippen molar-refractivity contribution in [3.8, 4) is 22.8 Å². The van der Waals surface area contributed by atoms with Crippen LogP contribution in [0.3, 0.4) is 0 Å². The van der Waals surface area contributed by atoms with E-state index >= 15 is 0 Å². The molecular weight excluding hydrogens is 441 g/mol. The van der Waals surface area contributed by atoms with E-state index in [1.807, 2.05) is 0 Å². The van der Waals surface area contributed by atoms with Gasteiger partial charge in [-0.3, -0.25) is 4.79 Å². The maximum Gasteiger partial charge on any atom is 0.511 e. The lowest BCUT2D eigenvalue weighted by Gasteiger charge is -2.15. The molecule has 0 amide bonds. The lowest BCUT2D eigenvalue weighted by atomic mass is 10.0. The van der Waals surface area contributed by atoms with Crippen LogP contribution < -0.4 is 14.9 Å². The van der Waals surface area contributed by atoms with Crippen molar-refractivity contribution < 1.29 is 32.5 Å². The van der Waals surface area contributed by atoms with E-state index in [0.29, 0.717) is 17.0 Å². The average Bonchev–Trinajstić information content (AvgIpc) is 2.79. The first-order valence-corrected chi connectivity index (χ1v) is 9.49. The van der Waals surface area contributed by atoms with Crippen LogP contribution in [0.5, 0.6) is 11.6 Å². The van der Waals surface area contributed by atoms with Gasteiger partial charge in [0.15, 0.2) is 5.75 Å². The molecule has 0 spiro atoms. The number of ether oxygens (including phenoxy) is 2. The van der Waals surface area contributed by atoms with Crippen molar-refractivity contribution in [2.24, 2.45) is 0 Å². The Morgan fingerprint density at radius 1 is 1.03 bits per heavy atom. The van der Waals surface area contributed by atoms with Crippen LogP contribution in [0.4, 0.5) is 18.0 Å². The molecule has 0 radical (unpaired) electrons. The molecule has 2 heterocycles. The van der Waals surface area contributed by atoms with Crippen molar-refractivity contribution in [2.75, 3.05) is 7.11 Å². The molecule has 0 aliphatic rings. The number of carboxylic acid groups (broad SMARTS) is 1. The Morgan fingerprint density at radius 3 is 2.39 bits per heavy atom. The number of hydrogen-bond donors (Lipinski definition) is 1. The second-order valence-electron chi connectivity index (χ2n) is 6.97. The lowest BCUT2D eigenvalue weighted by Crippen LogP contribution is -2.18. The van der Waals surface area contributed by atoms with E-state index in [2.05, 4.69) is 9.72 Å². The fourth-order valence-corrected chi connectivity index (χ4v) is 3.43. The summed E-state index contributed by atoms with van der Waals surface area (Å²) in [7, 11) is 1.47. The number of hydrogen-bond acceptors (Lipinski definition) is 5. The van der Waals surface area contributed by atoms with Gasteiger partial charge < -0.3 is 19.1 Å². The van der Waals surface area contributed by atoms with E-state index in [-0.39, 0.29) is 12.1 Å². The molecule has 1 N–H and O–H groups in total. The predicted octanol–water partition coefficient (Wildman–Crippen LogP) is 4.59. The molecule has 168 valence electrons. The van der Waals surface area contributed by atoms with Gasteiger partial charge in [-0.05, 0) is 29.8 Å². The number of halogens is 3.